The predicted molar refractivity (Wildman–Crippen MR) is 69.4 cm³/mol. The van der Waals surface area contributed by atoms with Crippen LogP contribution >= 0.6 is 0 Å². The van der Waals surface area contributed by atoms with Crippen molar-refractivity contribution >= 4 is 12.0 Å². The van der Waals surface area contributed by atoms with Crippen LogP contribution in [0.2, 0.25) is 0 Å². The fourth-order valence-corrected chi connectivity index (χ4v) is 2.36. The minimum Gasteiger partial charge on any atom is -0.480 e. The van der Waals surface area contributed by atoms with Gasteiger partial charge in [-0.3, -0.25) is 4.79 Å². The number of hydrogen-bond acceptors (Lipinski definition) is 2. The number of carboxylic acid groups (broad SMARTS) is 1. The first-order valence-corrected chi connectivity index (χ1v) is 6.22. The molecule has 0 aromatic heterocycles. The van der Waals surface area contributed by atoms with Gasteiger partial charge in [0.05, 0.1) is 0 Å². The van der Waals surface area contributed by atoms with E-state index >= 15 is 0 Å². The maximum Gasteiger partial charge on any atom is 0.323 e. The highest BCUT2D eigenvalue weighted by Gasteiger charge is 2.32. The molecule has 1 saturated carbocycles. The molecule has 0 saturated heterocycles. The zero-order valence-corrected chi connectivity index (χ0v) is 11.1. The van der Waals surface area contributed by atoms with E-state index in [1.807, 2.05) is 0 Å². The van der Waals surface area contributed by atoms with Gasteiger partial charge in [0.1, 0.15) is 6.54 Å². The van der Waals surface area contributed by atoms with Crippen molar-refractivity contribution in [1.29, 1.82) is 0 Å². The predicted octanol–water partition coefficient (Wildman–Crippen LogP) is 1.85. The highest BCUT2D eigenvalue weighted by Crippen LogP contribution is 2.36. The first kappa shape index (κ1) is 14.5. The Balaban J connectivity index is 2.51. The van der Waals surface area contributed by atoms with Crippen LogP contribution in [0.3, 0.4) is 0 Å². The quantitative estimate of drug-likeness (QED) is 0.736. The fraction of sp³-hybridized carbons (Fsp3) is 0.692. The van der Waals surface area contributed by atoms with Crippen molar-refractivity contribution in [3.8, 4) is 0 Å². The van der Waals surface area contributed by atoms with Crippen LogP contribution in [-0.4, -0.2) is 41.1 Å². The highest BCUT2D eigenvalue weighted by atomic mass is 16.4. The number of nitrogens with one attached hydrogen (secondary N) is 1. The smallest absolute Gasteiger partial charge is 0.323 e. The van der Waals surface area contributed by atoms with Gasteiger partial charge in [0.15, 0.2) is 0 Å². The topological polar surface area (TPSA) is 69.6 Å². The normalized spacial score (nSPS) is 21.3. The molecule has 0 aliphatic heterocycles. The molecule has 1 atom stereocenters. The summed E-state index contributed by atoms with van der Waals surface area (Å²) in [5.41, 5.74) is 0.258. The Labute approximate surface area is 108 Å². The second-order valence-corrected chi connectivity index (χ2v) is 5.62. The maximum absolute atomic E-state index is 11.9. The van der Waals surface area contributed by atoms with Gasteiger partial charge in [-0.15, -0.1) is 6.58 Å². The molecule has 0 aromatic carbocycles. The Morgan fingerprint density at radius 3 is 2.67 bits per heavy atom. The van der Waals surface area contributed by atoms with Crippen LogP contribution in [0.25, 0.3) is 0 Å². The number of nitrogens with zero attached hydrogens (tertiary/aromatic N) is 1. The number of carbonyl (C=O) groups is 2. The Hall–Kier alpha value is -1.52. The summed E-state index contributed by atoms with van der Waals surface area (Å²) in [7, 11) is 0. The summed E-state index contributed by atoms with van der Waals surface area (Å²) in [4.78, 5) is 23.9. The second-order valence-electron chi connectivity index (χ2n) is 5.62. The number of carboxylic acids is 1. The van der Waals surface area contributed by atoms with E-state index in [1.165, 1.54) is 11.0 Å². The van der Waals surface area contributed by atoms with E-state index in [2.05, 4.69) is 25.7 Å². The number of hydrogen-bond donors (Lipinski definition) is 2. The van der Waals surface area contributed by atoms with Crippen molar-refractivity contribution in [2.45, 2.75) is 39.2 Å². The summed E-state index contributed by atoms with van der Waals surface area (Å²) in [6, 6.07) is -0.173. The van der Waals surface area contributed by atoms with E-state index in [1.54, 1.807) is 0 Å². The third-order valence-corrected chi connectivity index (χ3v) is 3.26. The summed E-state index contributed by atoms with van der Waals surface area (Å²) in [6.45, 7) is 7.83. The van der Waals surface area contributed by atoms with Gasteiger partial charge >= 0.3 is 12.0 Å². The molecule has 0 radical (unpaired) electrons. The molecule has 1 aliphatic carbocycles. The van der Waals surface area contributed by atoms with Crippen LogP contribution in [0.4, 0.5) is 4.79 Å². The number of aliphatic carboxylic acids is 1. The lowest BCUT2D eigenvalue weighted by Gasteiger charge is -2.23. The van der Waals surface area contributed by atoms with Crippen molar-refractivity contribution < 1.29 is 14.7 Å². The van der Waals surface area contributed by atoms with Gasteiger partial charge < -0.3 is 15.3 Å². The molecule has 5 heteroatoms. The van der Waals surface area contributed by atoms with Crippen LogP contribution in [0, 0.1) is 5.41 Å². The fourth-order valence-electron chi connectivity index (χ4n) is 2.36. The summed E-state index contributed by atoms with van der Waals surface area (Å²) in [5.74, 6) is -1.02. The Morgan fingerprint density at radius 1 is 1.56 bits per heavy atom. The van der Waals surface area contributed by atoms with E-state index in [0.717, 1.165) is 19.3 Å². The van der Waals surface area contributed by atoms with Gasteiger partial charge in [-0.2, -0.15) is 0 Å². The lowest BCUT2D eigenvalue weighted by molar-refractivity contribution is -0.137. The summed E-state index contributed by atoms with van der Waals surface area (Å²) in [5, 5.41) is 11.6. The summed E-state index contributed by atoms with van der Waals surface area (Å²) >= 11 is 0. The largest absolute Gasteiger partial charge is 0.480 e. The van der Waals surface area contributed by atoms with Crippen molar-refractivity contribution in [1.82, 2.24) is 10.2 Å². The number of urea groups is 1. The van der Waals surface area contributed by atoms with Crippen LogP contribution < -0.4 is 5.32 Å². The molecule has 1 fully saturated rings. The van der Waals surface area contributed by atoms with Gasteiger partial charge in [0.2, 0.25) is 0 Å². The number of carbonyl (C=O) groups excluding carboxylic acids is 1. The van der Waals surface area contributed by atoms with E-state index in [9.17, 15) is 9.59 Å². The van der Waals surface area contributed by atoms with E-state index < -0.39 is 5.97 Å². The molecule has 1 aliphatic rings. The molecule has 2 N–H and O–H groups in total. The SMILES string of the molecule is C=CCN(CC(=O)O)C(=O)NC1CCC(C)(C)C1. The van der Waals surface area contributed by atoms with Crippen molar-refractivity contribution in [3.05, 3.63) is 12.7 Å². The minimum absolute atomic E-state index is 0.147. The molecule has 5 nitrogen and oxygen atoms in total. The Kier molecular flexibility index (Phi) is 4.76. The van der Waals surface area contributed by atoms with E-state index in [4.69, 9.17) is 5.11 Å². The average Bonchev–Trinajstić information content (AvgIpc) is 2.56. The van der Waals surface area contributed by atoms with Gasteiger partial charge in [-0.05, 0) is 24.7 Å². The average molecular weight is 254 g/mol. The molecule has 0 bridgehead atoms. The zero-order chi connectivity index (χ0) is 13.8. The standard InChI is InChI=1S/C13H22N2O3/c1-4-7-15(9-11(16)17)12(18)14-10-5-6-13(2,3)8-10/h4,10H,1,5-9H2,2-3H3,(H,14,18)(H,16,17). The first-order valence-electron chi connectivity index (χ1n) is 6.22. The van der Waals surface area contributed by atoms with Crippen molar-refractivity contribution in [2.75, 3.05) is 13.1 Å². The minimum atomic E-state index is -1.02. The third-order valence-electron chi connectivity index (χ3n) is 3.26. The van der Waals surface area contributed by atoms with Gasteiger partial charge in [-0.1, -0.05) is 19.9 Å². The maximum atomic E-state index is 11.9. The molecule has 0 spiro atoms. The Bertz CT molecular complexity index is 339. The van der Waals surface area contributed by atoms with Crippen LogP contribution in [0.15, 0.2) is 12.7 Å². The Morgan fingerprint density at radius 2 is 2.22 bits per heavy atom. The van der Waals surface area contributed by atoms with Gasteiger partial charge in [0.25, 0.3) is 0 Å². The van der Waals surface area contributed by atoms with Crippen LogP contribution in [0.5, 0.6) is 0 Å². The monoisotopic (exact) mass is 254 g/mol. The molecule has 1 rings (SSSR count). The second kappa shape index (κ2) is 5.89. The molecule has 0 aromatic rings. The highest BCUT2D eigenvalue weighted by molar-refractivity contribution is 5.80. The molecule has 18 heavy (non-hydrogen) atoms. The summed E-state index contributed by atoms with van der Waals surface area (Å²) in [6.07, 6.45) is 4.50. The van der Waals surface area contributed by atoms with Crippen molar-refractivity contribution in [2.24, 2.45) is 5.41 Å². The molecule has 0 heterocycles. The number of rotatable bonds is 5. The lowest BCUT2D eigenvalue weighted by atomic mass is 9.92. The molecule has 1 unspecified atom stereocenters. The first-order chi connectivity index (χ1) is 8.34. The van der Waals surface area contributed by atoms with Crippen LogP contribution in [0.1, 0.15) is 33.1 Å². The summed E-state index contributed by atoms with van der Waals surface area (Å²) < 4.78 is 0. The lowest BCUT2D eigenvalue weighted by Crippen LogP contribution is -2.46. The van der Waals surface area contributed by atoms with E-state index in [0.29, 0.717) is 0 Å². The van der Waals surface area contributed by atoms with Crippen LogP contribution in [-0.2, 0) is 4.79 Å². The van der Waals surface area contributed by atoms with Crippen molar-refractivity contribution in [3.63, 3.8) is 0 Å². The number of amides is 2. The van der Waals surface area contributed by atoms with Gasteiger partial charge in [0, 0.05) is 12.6 Å². The van der Waals surface area contributed by atoms with Gasteiger partial charge in [-0.25, -0.2) is 4.79 Å². The third kappa shape index (κ3) is 4.39. The zero-order valence-electron chi connectivity index (χ0n) is 11.1. The molecular weight excluding hydrogens is 232 g/mol. The molecule has 2 amide bonds. The van der Waals surface area contributed by atoms with E-state index in [-0.39, 0.29) is 30.6 Å². The molecule has 102 valence electrons. The molecular formula is C13H22N2O3.